The number of hydrazone groups is 1. The van der Waals surface area contributed by atoms with Gasteiger partial charge >= 0.3 is 0 Å². The van der Waals surface area contributed by atoms with Crippen LogP contribution in [-0.4, -0.2) is 43.6 Å². The Hall–Kier alpha value is -3.52. The molecule has 2 aromatic carbocycles. The lowest BCUT2D eigenvalue weighted by molar-refractivity contribution is 0.0952. The second kappa shape index (κ2) is 9.11. The highest BCUT2D eigenvalue weighted by Gasteiger charge is 2.13. The zero-order valence-electron chi connectivity index (χ0n) is 16.0. The number of amides is 1. The van der Waals surface area contributed by atoms with Crippen LogP contribution < -0.4 is 19.6 Å². The molecule has 8 nitrogen and oxygen atoms in total. The van der Waals surface area contributed by atoms with Crippen LogP contribution in [0.5, 0.6) is 17.2 Å². The lowest BCUT2D eigenvalue weighted by Crippen LogP contribution is -2.18. The van der Waals surface area contributed by atoms with Crippen molar-refractivity contribution in [3.8, 4) is 28.5 Å². The molecule has 1 heterocycles. The fraction of sp³-hybridized carbons (Fsp3) is 0.150. The highest BCUT2D eigenvalue weighted by Crippen LogP contribution is 2.32. The zero-order valence-corrected chi connectivity index (χ0v) is 16.8. The third-order valence-corrected chi connectivity index (χ3v) is 4.35. The van der Waals surface area contributed by atoms with Crippen molar-refractivity contribution in [1.29, 1.82) is 0 Å². The second-order valence-electron chi connectivity index (χ2n) is 5.81. The van der Waals surface area contributed by atoms with E-state index >= 15 is 0 Å². The van der Waals surface area contributed by atoms with Gasteiger partial charge in [0.05, 0.1) is 45.0 Å². The smallest absolute Gasteiger partial charge is 0.275 e. The fourth-order valence-electron chi connectivity index (χ4n) is 2.69. The SMILES string of the molecule is COc1ccc(-c2[nH]ncc2C=NNC(=O)c2cc(Cl)ccc2OC)cc1OC. The topological polar surface area (TPSA) is 97.8 Å². The van der Waals surface area contributed by atoms with Crippen molar-refractivity contribution in [1.82, 2.24) is 15.6 Å². The molecule has 0 aliphatic carbocycles. The number of halogens is 1. The van der Waals surface area contributed by atoms with E-state index in [1.807, 2.05) is 12.1 Å². The first-order valence-corrected chi connectivity index (χ1v) is 8.88. The molecule has 1 amide bonds. The van der Waals surface area contributed by atoms with Gasteiger partial charge in [0.2, 0.25) is 0 Å². The molecular formula is C20H19ClN4O4. The minimum atomic E-state index is -0.447. The average molecular weight is 415 g/mol. The van der Waals surface area contributed by atoms with E-state index in [2.05, 4.69) is 20.7 Å². The van der Waals surface area contributed by atoms with Crippen LogP contribution in [0.2, 0.25) is 5.02 Å². The highest BCUT2D eigenvalue weighted by molar-refractivity contribution is 6.31. The molecule has 29 heavy (non-hydrogen) atoms. The fourth-order valence-corrected chi connectivity index (χ4v) is 2.87. The van der Waals surface area contributed by atoms with Gasteiger partial charge in [-0.25, -0.2) is 5.43 Å². The van der Waals surface area contributed by atoms with Crippen LogP contribution in [0.3, 0.4) is 0 Å². The van der Waals surface area contributed by atoms with Crippen molar-refractivity contribution >= 4 is 23.7 Å². The van der Waals surface area contributed by atoms with Gasteiger partial charge in [0.15, 0.2) is 11.5 Å². The molecule has 150 valence electrons. The van der Waals surface area contributed by atoms with Gasteiger partial charge in [-0.1, -0.05) is 11.6 Å². The van der Waals surface area contributed by atoms with Crippen LogP contribution in [-0.2, 0) is 0 Å². The molecule has 0 radical (unpaired) electrons. The number of carbonyl (C=O) groups excluding carboxylic acids is 1. The Kier molecular flexibility index (Phi) is 6.36. The number of benzene rings is 2. The summed E-state index contributed by atoms with van der Waals surface area (Å²) in [5, 5.41) is 11.4. The van der Waals surface area contributed by atoms with E-state index in [-0.39, 0.29) is 5.56 Å². The van der Waals surface area contributed by atoms with Crippen molar-refractivity contribution < 1.29 is 19.0 Å². The summed E-state index contributed by atoms with van der Waals surface area (Å²) in [5.41, 5.74) is 4.96. The maximum Gasteiger partial charge on any atom is 0.275 e. The Morgan fingerprint density at radius 2 is 1.79 bits per heavy atom. The van der Waals surface area contributed by atoms with Crippen LogP contribution >= 0.6 is 11.6 Å². The van der Waals surface area contributed by atoms with E-state index in [0.717, 1.165) is 5.56 Å². The van der Waals surface area contributed by atoms with Crippen molar-refractivity contribution in [3.05, 3.63) is 58.7 Å². The van der Waals surface area contributed by atoms with Gasteiger partial charge in [-0.05, 0) is 36.4 Å². The Morgan fingerprint density at radius 1 is 1.07 bits per heavy atom. The number of hydrogen-bond acceptors (Lipinski definition) is 6. The van der Waals surface area contributed by atoms with Crippen molar-refractivity contribution in [2.24, 2.45) is 5.10 Å². The molecular weight excluding hydrogens is 396 g/mol. The third-order valence-electron chi connectivity index (χ3n) is 4.12. The lowest BCUT2D eigenvalue weighted by atomic mass is 10.1. The predicted molar refractivity (Wildman–Crippen MR) is 110 cm³/mol. The first-order valence-electron chi connectivity index (χ1n) is 8.50. The number of aromatic amines is 1. The van der Waals surface area contributed by atoms with Crippen LogP contribution in [0.15, 0.2) is 47.7 Å². The van der Waals surface area contributed by atoms with Crippen molar-refractivity contribution in [3.63, 3.8) is 0 Å². The summed E-state index contributed by atoms with van der Waals surface area (Å²) in [6, 6.07) is 10.2. The molecule has 1 aromatic heterocycles. The molecule has 0 bridgehead atoms. The minimum Gasteiger partial charge on any atom is -0.496 e. The number of rotatable bonds is 7. The predicted octanol–water partition coefficient (Wildman–Crippen LogP) is 3.52. The number of carbonyl (C=O) groups is 1. The maximum atomic E-state index is 12.4. The Labute approximate surface area is 172 Å². The molecule has 2 N–H and O–H groups in total. The molecule has 0 saturated heterocycles. The van der Waals surface area contributed by atoms with E-state index < -0.39 is 5.91 Å². The summed E-state index contributed by atoms with van der Waals surface area (Å²) in [6.07, 6.45) is 3.09. The van der Waals surface area contributed by atoms with Gasteiger partial charge in [-0.2, -0.15) is 10.2 Å². The molecule has 9 heteroatoms. The number of hydrogen-bond donors (Lipinski definition) is 2. The summed E-state index contributed by atoms with van der Waals surface area (Å²) in [4.78, 5) is 12.4. The Balaban J connectivity index is 1.79. The molecule has 0 unspecified atom stereocenters. The zero-order chi connectivity index (χ0) is 20.8. The van der Waals surface area contributed by atoms with Crippen molar-refractivity contribution in [2.45, 2.75) is 0 Å². The first-order chi connectivity index (χ1) is 14.1. The number of methoxy groups -OCH3 is 3. The molecule has 0 saturated carbocycles. The standard InChI is InChI=1S/C20H19ClN4O4/c1-27-16-7-5-14(21)9-15(16)20(26)25-23-11-13-10-22-24-19(13)12-4-6-17(28-2)18(8-12)29-3/h4-11H,1-3H3,(H,22,24)(H,25,26). The summed E-state index contributed by atoms with van der Waals surface area (Å²) in [5.74, 6) is 1.16. The molecule has 0 atom stereocenters. The number of aromatic nitrogens is 2. The first kappa shape index (κ1) is 20.2. The number of H-pyrrole nitrogens is 1. The van der Waals surface area contributed by atoms with Gasteiger partial charge in [0.25, 0.3) is 5.91 Å². The van der Waals surface area contributed by atoms with Crippen LogP contribution in [0, 0.1) is 0 Å². The van der Waals surface area contributed by atoms with E-state index in [1.54, 1.807) is 38.6 Å². The maximum absolute atomic E-state index is 12.4. The largest absolute Gasteiger partial charge is 0.496 e. The Bertz CT molecular complexity index is 1050. The van der Waals surface area contributed by atoms with Gasteiger partial charge in [0, 0.05) is 16.1 Å². The molecule has 0 fully saturated rings. The lowest BCUT2D eigenvalue weighted by Gasteiger charge is -2.09. The summed E-state index contributed by atoms with van der Waals surface area (Å²) >= 11 is 5.96. The second-order valence-corrected chi connectivity index (χ2v) is 6.25. The summed E-state index contributed by atoms with van der Waals surface area (Å²) < 4.78 is 15.8. The molecule has 0 aliphatic heterocycles. The number of nitrogens with zero attached hydrogens (tertiary/aromatic N) is 2. The van der Waals surface area contributed by atoms with E-state index in [4.69, 9.17) is 25.8 Å². The van der Waals surface area contributed by atoms with Crippen molar-refractivity contribution in [2.75, 3.05) is 21.3 Å². The van der Waals surface area contributed by atoms with Gasteiger partial charge in [-0.3, -0.25) is 9.89 Å². The highest BCUT2D eigenvalue weighted by atomic mass is 35.5. The van der Waals surface area contributed by atoms with E-state index in [0.29, 0.717) is 33.5 Å². The minimum absolute atomic E-state index is 0.282. The summed E-state index contributed by atoms with van der Waals surface area (Å²) in [7, 11) is 4.62. The molecule has 0 spiro atoms. The van der Waals surface area contributed by atoms with Crippen LogP contribution in [0.1, 0.15) is 15.9 Å². The number of ether oxygens (including phenoxy) is 3. The van der Waals surface area contributed by atoms with Crippen LogP contribution in [0.25, 0.3) is 11.3 Å². The van der Waals surface area contributed by atoms with Gasteiger partial charge < -0.3 is 14.2 Å². The average Bonchev–Trinajstić information content (AvgIpc) is 3.21. The monoisotopic (exact) mass is 414 g/mol. The molecule has 3 aromatic rings. The quantitative estimate of drug-likeness (QED) is 0.455. The van der Waals surface area contributed by atoms with Gasteiger partial charge in [0.1, 0.15) is 5.75 Å². The van der Waals surface area contributed by atoms with Gasteiger partial charge in [-0.15, -0.1) is 0 Å². The normalized spacial score (nSPS) is 10.8. The molecule has 0 aliphatic rings. The number of nitrogens with one attached hydrogen (secondary N) is 2. The Morgan fingerprint density at radius 3 is 2.52 bits per heavy atom. The van der Waals surface area contributed by atoms with E-state index in [9.17, 15) is 4.79 Å². The van der Waals surface area contributed by atoms with Crippen LogP contribution in [0.4, 0.5) is 0 Å². The van der Waals surface area contributed by atoms with E-state index in [1.165, 1.54) is 19.4 Å². The summed E-state index contributed by atoms with van der Waals surface area (Å²) in [6.45, 7) is 0. The molecule has 3 rings (SSSR count). The third kappa shape index (κ3) is 4.49.